The molecule has 0 bridgehead atoms. The lowest BCUT2D eigenvalue weighted by Crippen LogP contribution is -2.46. The van der Waals surface area contributed by atoms with Gasteiger partial charge in [0.2, 0.25) is 0 Å². The Bertz CT molecular complexity index is 1080. The number of hydrogen-bond donors (Lipinski definition) is 2. The van der Waals surface area contributed by atoms with Crippen molar-refractivity contribution in [1.82, 2.24) is 24.7 Å². The average Bonchev–Trinajstić information content (AvgIpc) is 3.24. The Balaban J connectivity index is 2.01. The fraction of sp³-hybridized carbons (Fsp3) is 0.429. The minimum Gasteiger partial charge on any atom is -0.381 e. The van der Waals surface area contributed by atoms with Gasteiger partial charge < -0.3 is 10.0 Å². The topological polar surface area (TPSA) is 99.9 Å². The minimum atomic E-state index is -1.96. The van der Waals surface area contributed by atoms with E-state index in [1.165, 1.54) is 22.2 Å². The summed E-state index contributed by atoms with van der Waals surface area (Å²) in [5.41, 5.74) is -2.90. The van der Waals surface area contributed by atoms with E-state index in [-0.39, 0.29) is 31.0 Å². The van der Waals surface area contributed by atoms with Crippen LogP contribution in [-0.4, -0.2) is 42.9 Å². The molecule has 11 heteroatoms. The standard InChI is InChI=1S/C21H25F3N6O2/c1-2-3-4-5-8-29(19-18(24)10-26-20(31)28-19)11-21(32,12-30-14-25-13-27-30)16-7-6-15(22)9-17(16)23/h6-7,9-10,13-14,32H,2-5,8,11-12H2,1H3,(H,26,28,31). The van der Waals surface area contributed by atoms with Crippen molar-refractivity contribution < 1.29 is 18.3 Å². The molecule has 0 saturated carbocycles. The first-order valence-corrected chi connectivity index (χ1v) is 10.3. The Labute approximate surface area is 182 Å². The zero-order valence-corrected chi connectivity index (χ0v) is 17.6. The Kier molecular flexibility index (Phi) is 7.62. The Morgan fingerprint density at radius 1 is 1.19 bits per heavy atom. The van der Waals surface area contributed by atoms with Crippen molar-refractivity contribution in [2.45, 2.75) is 44.8 Å². The van der Waals surface area contributed by atoms with Crippen LogP contribution in [0.15, 0.2) is 41.8 Å². The molecule has 3 rings (SSSR count). The first-order valence-electron chi connectivity index (χ1n) is 10.3. The number of nitrogens with one attached hydrogen (secondary N) is 1. The maximum atomic E-state index is 14.7. The summed E-state index contributed by atoms with van der Waals surface area (Å²) in [4.78, 5) is 22.8. The van der Waals surface area contributed by atoms with Gasteiger partial charge in [0.05, 0.1) is 19.3 Å². The molecule has 1 aromatic carbocycles. The highest BCUT2D eigenvalue weighted by atomic mass is 19.1. The van der Waals surface area contributed by atoms with Crippen LogP contribution >= 0.6 is 0 Å². The number of H-pyrrole nitrogens is 1. The highest BCUT2D eigenvalue weighted by Gasteiger charge is 2.36. The molecule has 2 heterocycles. The van der Waals surface area contributed by atoms with Crippen LogP contribution in [0.1, 0.15) is 38.2 Å². The number of aliphatic hydroxyl groups is 1. The quantitative estimate of drug-likeness (QED) is 0.436. The van der Waals surface area contributed by atoms with E-state index in [9.17, 15) is 23.1 Å². The third-order valence-electron chi connectivity index (χ3n) is 5.12. The summed E-state index contributed by atoms with van der Waals surface area (Å²) in [6.07, 6.45) is 6.81. The molecule has 1 unspecified atom stereocenters. The van der Waals surface area contributed by atoms with Crippen molar-refractivity contribution in [2.75, 3.05) is 18.0 Å². The van der Waals surface area contributed by atoms with Gasteiger partial charge in [0.25, 0.3) is 0 Å². The van der Waals surface area contributed by atoms with E-state index in [0.29, 0.717) is 12.5 Å². The average molecular weight is 450 g/mol. The largest absolute Gasteiger partial charge is 0.381 e. The molecule has 0 aliphatic carbocycles. The van der Waals surface area contributed by atoms with E-state index in [4.69, 9.17) is 0 Å². The van der Waals surface area contributed by atoms with Gasteiger partial charge in [0, 0.05) is 18.2 Å². The number of nitrogens with zero attached hydrogens (tertiary/aromatic N) is 5. The first-order chi connectivity index (χ1) is 15.3. The van der Waals surface area contributed by atoms with Crippen LogP contribution in [0.5, 0.6) is 0 Å². The van der Waals surface area contributed by atoms with Crippen molar-refractivity contribution in [3.63, 3.8) is 0 Å². The summed E-state index contributed by atoms with van der Waals surface area (Å²) in [7, 11) is 0. The van der Waals surface area contributed by atoms with Crippen LogP contribution in [0.4, 0.5) is 19.0 Å². The maximum absolute atomic E-state index is 14.7. The van der Waals surface area contributed by atoms with Crippen LogP contribution < -0.4 is 10.6 Å². The summed E-state index contributed by atoms with van der Waals surface area (Å²) in [5, 5.41) is 15.6. The lowest BCUT2D eigenvalue weighted by molar-refractivity contribution is 0.0182. The smallest absolute Gasteiger partial charge is 0.346 e. The highest BCUT2D eigenvalue weighted by molar-refractivity contribution is 5.40. The Hall–Kier alpha value is -3.21. The van der Waals surface area contributed by atoms with Crippen molar-refractivity contribution >= 4 is 5.82 Å². The van der Waals surface area contributed by atoms with E-state index in [1.54, 1.807) is 0 Å². The molecule has 0 fully saturated rings. The molecule has 1 atom stereocenters. The van der Waals surface area contributed by atoms with Gasteiger partial charge in [-0.3, -0.25) is 4.98 Å². The fourth-order valence-corrected chi connectivity index (χ4v) is 3.58. The van der Waals surface area contributed by atoms with Crippen molar-refractivity contribution in [3.05, 3.63) is 70.5 Å². The SMILES string of the molecule is CCCCCCN(CC(O)(Cn1cncn1)c1ccc(F)cc1F)c1[nH]c(=O)ncc1F. The number of rotatable bonds is 11. The number of unbranched alkanes of at least 4 members (excludes halogenated alkanes) is 3. The molecule has 0 spiro atoms. The third kappa shape index (κ3) is 5.72. The van der Waals surface area contributed by atoms with Crippen LogP contribution in [-0.2, 0) is 12.1 Å². The second kappa shape index (κ2) is 10.4. The number of halogens is 3. The van der Waals surface area contributed by atoms with Gasteiger partial charge in [-0.05, 0) is 12.5 Å². The van der Waals surface area contributed by atoms with Crippen molar-refractivity contribution in [2.24, 2.45) is 0 Å². The normalized spacial score (nSPS) is 13.2. The minimum absolute atomic E-state index is 0.166. The second-order valence-electron chi connectivity index (χ2n) is 7.62. The van der Waals surface area contributed by atoms with Gasteiger partial charge in [-0.15, -0.1) is 0 Å². The molecule has 0 saturated heterocycles. The van der Waals surface area contributed by atoms with Gasteiger partial charge in [-0.2, -0.15) is 10.1 Å². The summed E-state index contributed by atoms with van der Waals surface area (Å²) < 4.78 is 44.1. The van der Waals surface area contributed by atoms with E-state index in [0.717, 1.165) is 37.6 Å². The molecule has 0 aliphatic heterocycles. The summed E-state index contributed by atoms with van der Waals surface area (Å²) in [6, 6.07) is 2.84. The molecular formula is C21H25F3N6O2. The van der Waals surface area contributed by atoms with Crippen LogP contribution in [0, 0.1) is 17.5 Å². The number of anilines is 1. The van der Waals surface area contributed by atoms with Crippen LogP contribution in [0.25, 0.3) is 0 Å². The Morgan fingerprint density at radius 3 is 2.69 bits per heavy atom. The summed E-state index contributed by atoms with van der Waals surface area (Å²) in [6.45, 7) is 1.78. The third-order valence-corrected chi connectivity index (χ3v) is 5.12. The molecule has 0 amide bonds. The monoisotopic (exact) mass is 450 g/mol. The van der Waals surface area contributed by atoms with Gasteiger partial charge in [0.1, 0.15) is 35.7 Å². The van der Waals surface area contributed by atoms with Gasteiger partial charge in [-0.1, -0.05) is 32.3 Å². The predicted molar refractivity (Wildman–Crippen MR) is 111 cm³/mol. The van der Waals surface area contributed by atoms with Gasteiger partial charge in [-0.25, -0.2) is 27.6 Å². The van der Waals surface area contributed by atoms with Gasteiger partial charge in [0.15, 0.2) is 5.82 Å². The highest BCUT2D eigenvalue weighted by Crippen LogP contribution is 2.30. The van der Waals surface area contributed by atoms with E-state index in [2.05, 4.69) is 20.1 Å². The van der Waals surface area contributed by atoms with Crippen LogP contribution in [0.3, 0.4) is 0 Å². The van der Waals surface area contributed by atoms with E-state index >= 15 is 0 Å². The molecule has 0 aliphatic rings. The second-order valence-corrected chi connectivity index (χ2v) is 7.62. The van der Waals surface area contributed by atoms with Crippen molar-refractivity contribution in [1.29, 1.82) is 0 Å². The number of aromatic nitrogens is 5. The summed E-state index contributed by atoms with van der Waals surface area (Å²) >= 11 is 0. The Morgan fingerprint density at radius 2 is 2.00 bits per heavy atom. The van der Waals surface area contributed by atoms with E-state index < -0.39 is 28.7 Å². The van der Waals surface area contributed by atoms with E-state index in [1.807, 2.05) is 6.92 Å². The number of aromatic amines is 1. The van der Waals surface area contributed by atoms with Crippen molar-refractivity contribution in [3.8, 4) is 0 Å². The molecular weight excluding hydrogens is 425 g/mol. The fourth-order valence-electron chi connectivity index (χ4n) is 3.58. The molecule has 2 N–H and O–H groups in total. The molecule has 3 aromatic rings. The number of benzene rings is 1. The first kappa shape index (κ1) is 23.5. The van der Waals surface area contributed by atoms with Gasteiger partial charge >= 0.3 is 5.69 Å². The molecule has 8 nitrogen and oxygen atoms in total. The zero-order valence-electron chi connectivity index (χ0n) is 17.6. The lowest BCUT2D eigenvalue weighted by Gasteiger charge is -2.35. The molecule has 0 radical (unpaired) electrons. The number of hydrogen-bond acceptors (Lipinski definition) is 6. The summed E-state index contributed by atoms with van der Waals surface area (Å²) in [5.74, 6) is -2.71. The molecule has 32 heavy (non-hydrogen) atoms. The molecule has 172 valence electrons. The lowest BCUT2D eigenvalue weighted by atomic mass is 9.92. The zero-order chi connectivity index (χ0) is 23.1. The predicted octanol–water partition coefficient (Wildman–Crippen LogP) is 2.75. The maximum Gasteiger partial charge on any atom is 0.346 e. The molecule has 2 aromatic heterocycles. The van der Waals surface area contributed by atoms with Crippen LogP contribution in [0.2, 0.25) is 0 Å².